The van der Waals surface area contributed by atoms with E-state index in [1.54, 1.807) is 0 Å². The number of hydrogen-bond acceptors (Lipinski definition) is 2. The van der Waals surface area contributed by atoms with Crippen LogP contribution in [0, 0.1) is 5.92 Å². The number of benzene rings is 1. The summed E-state index contributed by atoms with van der Waals surface area (Å²) in [5, 5.41) is 3.04. The number of amides is 2. The van der Waals surface area contributed by atoms with Gasteiger partial charge in [-0.05, 0) is 24.5 Å². The van der Waals surface area contributed by atoms with Crippen LogP contribution in [0.3, 0.4) is 0 Å². The SMILES string of the molecule is O=C1NC2(CN(C(=O)C3CC3)C2)c2ccccc21. The molecule has 18 heavy (non-hydrogen) atoms. The van der Waals surface area contributed by atoms with Gasteiger partial charge in [0, 0.05) is 24.6 Å². The first-order valence-electron chi connectivity index (χ1n) is 6.40. The third-order valence-corrected chi connectivity index (χ3v) is 4.20. The molecule has 0 unspecified atom stereocenters. The van der Waals surface area contributed by atoms with Crippen LogP contribution in [0.5, 0.6) is 0 Å². The Morgan fingerprint density at radius 3 is 2.72 bits per heavy atom. The lowest BCUT2D eigenvalue weighted by Gasteiger charge is -2.48. The van der Waals surface area contributed by atoms with Crippen LogP contribution in [0.1, 0.15) is 28.8 Å². The average Bonchev–Trinajstić information content (AvgIpc) is 3.12. The molecule has 4 nitrogen and oxygen atoms in total. The summed E-state index contributed by atoms with van der Waals surface area (Å²) >= 11 is 0. The quantitative estimate of drug-likeness (QED) is 0.794. The molecule has 1 aliphatic carbocycles. The Morgan fingerprint density at radius 1 is 1.28 bits per heavy atom. The van der Waals surface area contributed by atoms with E-state index in [1.165, 1.54) is 0 Å². The maximum atomic E-state index is 11.9. The number of rotatable bonds is 1. The van der Waals surface area contributed by atoms with Crippen molar-refractivity contribution in [2.45, 2.75) is 18.4 Å². The van der Waals surface area contributed by atoms with Crippen LogP contribution < -0.4 is 5.32 Å². The Balaban J connectivity index is 1.61. The van der Waals surface area contributed by atoms with Gasteiger partial charge in [0.2, 0.25) is 5.91 Å². The highest BCUT2D eigenvalue weighted by Crippen LogP contribution is 2.41. The molecule has 2 amide bonds. The minimum atomic E-state index is -0.307. The first-order valence-corrected chi connectivity index (χ1v) is 6.40. The molecule has 1 saturated heterocycles. The third kappa shape index (κ3) is 1.20. The van der Waals surface area contributed by atoms with Crippen LogP contribution in [-0.2, 0) is 10.3 Å². The zero-order valence-corrected chi connectivity index (χ0v) is 9.98. The molecule has 1 saturated carbocycles. The number of nitrogens with zero attached hydrogens (tertiary/aromatic N) is 1. The molecule has 1 spiro atoms. The Bertz CT molecular complexity index is 557. The summed E-state index contributed by atoms with van der Waals surface area (Å²) in [4.78, 5) is 25.7. The van der Waals surface area contributed by atoms with Crippen molar-refractivity contribution in [3.05, 3.63) is 35.4 Å². The number of carbonyl (C=O) groups excluding carboxylic acids is 2. The molecule has 1 aromatic carbocycles. The highest BCUT2D eigenvalue weighted by Gasteiger charge is 2.54. The van der Waals surface area contributed by atoms with Gasteiger partial charge < -0.3 is 10.2 Å². The zero-order valence-electron chi connectivity index (χ0n) is 9.98. The fourth-order valence-electron chi connectivity index (χ4n) is 3.05. The Morgan fingerprint density at radius 2 is 2.00 bits per heavy atom. The van der Waals surface area contributed by atoms with E-state index in [-0.39, 0.29) is 23.3 Å². The van der Waals surface area contributed by atoms with E-state index >= 15 is 0 Å². The minimum Gasteiger partial charge on any atom is -0.339 e. The van der Waals surface area contributed by atoms with Gasteiger partial charge in [0.05, 0.1) is 0 Å². The number of fused-ring (bicyclic) bond motifs is 2. The lowest BCUT2D eigenvalue weighted by atomic mass is 9.83. The summed E-state index contributed by atoms with van der Waals surface area (Å²) in [6.45, 7) is 1.26. The zero-order chi connectivity index (χ0) is 12.3. The number of nitrogens with one attached hydrogen (secondary N) is 1. The van der Waals surface area contributed by atoms with E-state index in [9.17, 15) is 9.59 Å². The highest BCUT2D eigenvalue weighted by molar-refractivity contribution is 6.00. The smallest absolute Gasteiger partial charge is 0.252 e. The summed E-state index contributed by atoms with van der Waals surface area (Å²) in [5.74, 6) is 0.512. The molecule has 2 fully saturated rings. The summed E-state index contributed by atoms with van der Waals surface area (Å²) < 4.78 is 0. The molecule has 4 rings (SSSR count). The molecular formula is C14H14N2O2. The van der Waals surface area contributed by atoms with Crippen LogP contribution in [0.4, 0.5) is 0 Å². The molecule has 2 heterocycles. The van der Waals surface area contributed by atoms with E-state index in [4.69, 9.17) is 0 Å². The Hall–Kier alpha value is -1.84. The monoisotopic (exact) mass is 242 g/mol. The van der Waals surface area contributed by atoms with Gasteiger partial charge in [-0.2, -0.15) is 0 Å². The third-order valence-electron chi connectivity index (χ3n) is 4.20. The van der Waals surface area contributed by atoms with Gasteiger partial charge in [0.1, 0.15) is 5.54 Å². The topological polar surface area (TPSA) is 49.4 Å². The normalized spacial score (nSPS) is 23.6. The standard InChI is InChI=1S/C14H14N2O2/c17-12-10-3-1-2-4-11(10)14(15-12)7-16(8-14)13(18)9-5-6-9/h1-4,9H,5-8H2,(H,15,17). The molecule has 1 aromatic rings. The van der Waals surface area contributed by atoms with Gasteiger partial charge in [0.15, 0.2) is 0 Å². The number of likely N-dealkylation sites (tertiary alicyclic amines) is 1. The second-order valence-electron chi connectivity index (χ2n) is 5.55. The summed E-state index contributed by atoms with van der Waals surface area (Å²) in [5.41, 5.74) is 1.50. The summed E-state index contributed by atoms with van der Waals surface area (Å²) in [7, 11) is 0. The fraction of sp³-hybridized carbons (Fsp3) is 0.429. The number of hydrogen-bond donors (Lipinski definition) is 1. The molecule has 3 aliphatic rings. The molecule has 0 bridgehead atoms. The Labute approximate surface area is 105 Å². The second-order valence-corrected chi connectivity index (χ2v) is 5.55. The summed E-state index contributed by atoms with van der Waals surface area (Å²) in [6, 6.07) is 7.67. The first kappa shape index (κ1) is 10.1. The maximum absolute atomic E-state index is 11.9. The van der Waals surface area contributed by atoms with Crippen molar-refractivity contribution in [1.29, 1.82) is 0 Å². The molecule has 2 aliphatic heterocycles. The largest absolute Gasteiger partial charge is 0.339 e. The van der Waals surface area contributed by atoms with Gasteiger partial charge >= 0.3 is 0 Å². The molecular weight excluding hydrogens is 228 g/mol. The van der Waals surface area contributed by atoms with Crippen LogP contribution in [0.2, 0.25) is 0 Å². The van der Waals surface area contributed by atoms with Crippen molar-refractivity contribution in [2.24, 2.45) is 5.92 Å². The van der Waals surface area contributed by atoms with Gasteiger partial charge in [-0.15, -0.1) is 0 Å². The van der Waals surface area contributed by atoms with E-state index < -0.39 is 0 Å². The average molecular weight is 242 g/mol. The fourth-order valence-corrected chi connectivity index (χ4v) is 3.05. The molecule has 92 valence electrons. The lowest BCUT2D eigenvalue weighted by molar-refractivity contribution is -0.141. The molecule has 0 atom stereocenters. The van der Waals surface area contributed by atoms with E-state index in [1.807, 2.05) is 29.2 Å². The molecule has 0 radical (unpaired) electrons. The molecule has 1 N–H and O–H groups in total. The highest BCUT2D eigenvalue weighted by atomic mass is 16.2. The van der Waals surface area contributed by atoms with E-state index in [2.05, 4.69) is 5.32 Å². The lowest BCUT2D eigenvalue weighted by Crippen LogP contribution is -2.66. The van der Waals surface area contributed by atoms with Gasteiger partial charge in [0.25, 0.3) is 5.91 Å². The predicted octanol–water partition coefficient (Wildman–Crippen LogP) is 0.877. The second kappa shape index (κ2) is 3.13. The van der Waals surface area contributed by atoms with E-state index in [0.29, 0.717) is 13.1 Å². The predicted molar refractivity (Wildman–Crippen MR) is 64.9 cm³/mol. The van der Waals surface area contributed by atoms with Crippen molar-refractivity contribution in [2.75, 3.05) is 13.1 Å². The van der Waals surface area contributed by atoms with E-state index in [0.717, 1.165) is 24.0 Å². The van der Waals surface area contributed by atoms with Crippen LogP contribution in [0.25, 0.3) is 0 Å². The Kier molecular flexibility index (Phi) is 1.76. The molecule has 4 heteroatoms. The maximum Gasteiger partial charge on any atom is 0.252 e. The summed E-state index contributed by atoms with van der Waals surface area (Å²) in [6.07, 6.45) is 2.07. The van der Waals surface area contributed by atoms with Crippen molar-refractivity contribution in [3.8, 4) is 0 Å². The number of carbonyl (C=O) groups is 2. The van der Waals surface area contributed by atoms with Gasteiger partial charge in [-0.3, -0.25) is 9.59 Å². The van der Waals surface area contributed by atoms with Crippen molar-refractivity contribution in [3.63, 3.8) is 0 Å². The van der Waals surface area contributed by atoms with Crippen LogP contribution >= 0.6 is 0 Å². The van der Waals surface area contributed by atoms with Crippen LogP contribution in [-0.4, -0.2) is 29.8 Å². The first-order chi connectivity index (χ1) is 8.70. The van der Waals surface area contributed by atoms with Crippen LogP contribution in [0.15, 0.2) is 24.3 Å². The van der Waals surface area contributed by atoms with Crippen molar-refractivity contribution < 1.29 is 9.59 Å². The van der Waals surface area contributed by atoms with Gasteiger partial charge in [-0.25, -0.2) is 0 Å². The molecule has 0 aromatic heterocycles. The minimum absolute atomic E-state index is 0.0101. The van der Waals surface area contributed by atoms with Crippen molar-refractivity contribution >= 4 is 11.8 Å². The van der Waals surface area contributed by atoms with Crippen molar-refractivity contribution in [1.82, 2.24) is 10.2 Å². The van der Waals surface area contributed by atoms with Gasteiger partial charge in [-0.1, -0.05) is 18.2 Å².